The average molecular weight is 558 g/mol. The summed E-state index contributed by atoms with van der Waals surface area (Å²) in [7, 11) is 4.08. The quantitative estimate of drug-likeness (QED) is 0.306. The molecule has 0 saturated carbocycles. The Morgan fingerprint density at radius 1 is 1.12 bits per heavy atom. The van der Waals surface area contributed by atoms with E-state index in [9.17, 15) is 0 Å². The third-order valence-electron chi connectivity index (χ3n) is 6.86. The molecule has 0 spiro atoms. The van der Waals surface area contributed by atoms with Crippen molar-refractivity contribution < 1.29 is 4.74 Å². The van der Waals surface area contributed by atoms with Gasteiger partial charge in [0.15, 0.2) is 5.96 Å². The van der Waals surface area contributed by atoms with E-state index in [-0.39, 0.29) is 30.1 Å². The molecule has 0 amide bonds. The second kappa shape index (κ2) is 13.7. The molecule has 3 unspecified atom stereocenters. The van der Waals surface area contributed by atoms with E-state index in [4.69, 9.17) is 4.74 Å². The summed E-state index contributed by atoms with van der Waals surface area (Å²) in [6, 6.07) is 9.32. The van der Waals surface area contributed by atoms with Crippen molar-refractivity contribution in [2.75, 3.05) is 60.0 Å². The maximum Gasteiger partial charge on any atom is 0.191 e. The van der Waals surface area contributed by atoms with Crippen LogP contribution < -0.4 is 10.6 Å². The minimum Gasteiger partial charge on any atom is -0.373 e. The normalized spacial score (nSPS) is 24.1. The van der Waals surface area contributed by atoms with Gasteiger partial charge >= 0.3 is 0 Å². The molecule has 32 heavy (non-hydrogen) atoms. The fourth-order valence-corrected chi connectivity index (χ4v) is 4.77. The van der Waals surface area contributed by atoms with Gasteiger partial charge in [0.1, 0.15) is 0 Å². The summed E-state index contributed by atoms with van der Waals surface area (Å²) in [4.78, 5) is 9.54. The monoisotopic (exact) mass is 557 g/mol. The summed E-state index contributed by atoms with van der Waals surface area (Å²) in [6.07, 6.45) is 2.46. The molecule has 6 nitrogen and oxygen atoms in total. The molecule has 0 aromatic heterocycles. The third-order valence-corrected chi connectivity index (χ3v) is 6.86. The van der Waals surface area contributed by atoms with Gasteiger partial charge in [-0.1, -0.05) is 43.7 Å². The number of benzene rings is 1. The van der Waals surface area contributed by atoms with Crippen LogP contribution in [0.3, 0.4) is 0 Å². The maximum atomic E-state index is 6.19. The van der Waals surface area contributed by atoms with Gasteiger partial charge in [-0.3, -0.25) is 9.89 Å². The lowest BCUT2D eigenvalue weighted by Crippen LogP contribution is -2.55. The van der Waals surface area contributed by atoms with Gasteiger partial charge in [0, 0.05) is 64.9 Å². The van der Waals surface area contributed by atoms with Crippen molar-refractivity contribution in [2.45, 2.75) is 45.8 Å². The summed E-state index contributed by atoms with van der Waals surface area (Å²) in [6.45, 7) is 14.0. The van der Waals surface area contributed by atoms with E-state index >= 15 is 0 Å². The van der Waals surface area contributed by atoms with E-state index in [2.05, 4.69) is 77.5 Å². The summed E-state index contributed by atoms with van der Waals surface area (Å²) in [5, 5.41) is 7.19. The van der Waals surface area contributed by atoms with Gasteiger partial charge in [0.25, 0.3) is 0 Å². The topological polar surface area (TPSA) is 52.1 Å². The molecular formula is C25H44IN5O. The SMILES string of the molecule is CN=C(NCC1CCCOC1c1ccc(C)cc1)NCC(C(C)C)N1CCN(C)CC1.I. The Hall–Kier alpha value is -0.900. The molecule has 2 aliphatic rings. The minimum atomic E-state index is 0. The average Bonchev–Trinajstić information content (AvgIpc) is 2.78. The van der Waals surface area contributed by atoms with Crippen LogP contribution in [0, 0.1) is 18.8 Å². The van der Waals surface area contributed by atoms with Crippen LogP contribution in [-0.2, 0) is 4.74 Å². The molecule has 2 heterocycles. The Kier molecular flexibility index (Phi) is 11.7. The van der Waals surface area contributed by atoms with Crippen LogP contribution >= 0.6 is 24.0 Å². The van der Waals surface area contributed by atoms with Gasteiger partial charge in [-0.05, 0) is 38.3 Å². The van der Waals surface area contributed by atoms with Gasteiger partial charge in [0.2, 0.25) is 0 Å². The standard InChI is InChI=1S/C25H43N5O.HI/c1-19(2)23(30-14-12-29(5)13-15-30)18-28-25(26-4)27-17-22-7-6-16-31-24(22)21-10-8-20(3)9-11-21;/h8-11,19,22-24H,6-7,12-18H2,1-5H3,(H2,26,27,28);1H. The number of halogens is 1. The van der Waals surface area contributed by atoms with E-state index in [0.29, 0.717) is 17.9 Å². The van der Waals surface area contributed by atoms with Gasteiger partial charge in [-0.2, -0.15) is 0 Å². The predicted octanol–water partition coefficient (Wildman–Crippen LogP) is 3.52. The summed E-state index contributed by atoms with van der Waals surface area (Å²) in [5.41, 5.74) is 2.58. The van der Waals surface area contributed by atoms with Crippen molar-refractivity contribution in [3.8, 4) is 0 Å². The van der Waals surface area contributed by atoms with Crippen LogP contribution in [0.25, 0.3) is 0 Å². The molecule has 2 aliphatic heterocycles. The molecule has 2 fully saturated rings. The highest BCUT2D eigenvalue weighted by Crippen LogP contribution is 2.33. The number of aryl methyl sites for hydroxylation is 1. The first-order valence-corrected chi connectivity index (χ1v) is 12.0. The molecule has 3 atom stereocenters. The Bertz CT molecular complexity index is 688. The first-order valence-electron chi connectivity index (χ1n) is 12.0. The van der Waals surface area contributed by atoms with E-state index in [0.717, 1.165) is 58.3 Å². The number of nitrogens with one attached hydrogen (secondary N) is 2. The maximum absolute atomic E-state index is 6.19. The Morgan fingerprint density at radius 2 is 1.81 bits per heavy atom. The fourth-order valence-electron chi connectivity index (χ4n) is 4.77. The molecule has 0 radical (unpaired) electrons. The zero-order valence-corrected chi connectivity index (χ0v) is 23.0. The molecule has 0 bridgehead atoms. The van der Waals surface area contributed by atoms with Crippen molar-refractivity contribution in [1.82, 2.24) is 20.4 Å². The van der Waals surface area contributed by atoms with Crippen LogP contribution in [-0.4, -0.2) is 81.8 Å². The van der Waals surface area contributed by atoms with E-state index in [1.165, 1.54) is 17.5 Å². The number of piperazine rings is 1. The molecule has 182 valence electrons. The molecule has 2 N–H and O–H groups in total. The van der Waals surface area contributed by atoms with Crippen molar-refractivity contribution in [2.24, 2.45) is 16.8 Å². The molecular weight excluding hydrogens is 513 g/mol. The van der Waals surface area contributed by atoms with Crippen molar-refractivity contribution >= 4 is 29.9 Å². The van der Waals surface area contributed by atoms with Gasteiger partial charge < -0.3 is 20.3 Å². The molecule has 2 saturated heterocycles. The van der Waals surface area contributed by atoms with E-state index in [1.807, 2.05) is 7.05 Å². The number of aliphatic imine (C=N–C) groups is 1. The third kappa shape index (κ3) is 7.85. The second-order valence-electron chi connectivity index (χ2n) is 9.59. The number of ether oxygens (including phenoxy) is 1. The van der Waals surface area contributed by atoms with Crippen molar-refractivity contribution in [3.05, 3.63) is 35.4 Å². The van der Waals surface area contributed by atoms with Crippen LogP contribution in [0.5, 0.6) is 0 Å². The number of nitrogens with zero attached hydrogens (tertiary/aromatic N) is 3. The summed E-state index contributed by atoms with van der Waals surface area (Å²) in [5.74, 6) is 1.95. The molecule has 3 rings (SSSR count). The number of hydrogen-bond donors (Lipinski definition) is 2. The van der Waals surface area contributed by atoms with Crippen LogP contribution in [0.1, 0.15) is 43.9 Å². The smallest absolute Gasteiger partial charge is 0.191 e. The number of rotatable bonds is 7. The van der Waals surface area contributed by atoms with Crippen LogP contribution in [0.4, 0.5) is 0 Å². The Labute approximate surface area is 212 Å². The van der Waals surface area contributed by atoms with Gasteiger partial charge in [-0.15, -0.1) is 24.0 Å². The zero-order valence-electron chi connectivity index (χ0n) is 20.6. The van der Waals surface area contributed by atoms with Crippen molar-refractivity contribution in [3.63, 3.8) is 0 Å². The van der Waals surface area contributed by atoms with Crippen LogP contribution in [0.15, 0.2) is 29.3 Å². The number of guanidine groups is 1. The Balaban J connectivity index is 0.00000363. The molecule has 1 aromatic carbocycles. The highest BCUT2D eigenvalue weighted by molar-refractivity contribution is 14.0. The number of likely N-dealkylation sites (N-methyl/N-ethyl adjacent to an activating group) is 1. The van der Waals surface area contributed by atoms with Crippen molar-refractivity contribution in [1.29, 1.82) is 0 Å². The molecule has 7 heteroatoms. The first-order chi connectivity index (χ1) is 15.0. The first kappa shape index (κ1) is 27.3. The van der Waals surface area contributed by atoms with Crippen LogP contribution in [0.2, 0.25) is 0 Å². The molecule has 1 aromatic rings. The van der Waals surface area contributed by atoms with E-state index < -0.39 is 0 Å². The summed E-state index contributed by atoms with van der Waals surface area (Å²) < 4.78 is 6.19. The molecule has 0 aliphatic carbocycles. The van der Waals surface area contributed by atoms with Gasteiger partial charge in [-0.25, -0.2) is 0 Å². The van der Waals surface area contributed by atoms with Gasteiger partial charge in [0.05, 0.1) is 6.10 Å². The lowest BCUT2D eigenvalue weighted by molar-refractivity contribution is -0.0265. The predicted molar refractivity (Wildman–Crippen MR) is 145 cm³/mol. The number of hydrogen-bond acceptors (Lipinski definition) is 4. The highest BCUT2D eigenvalue weighted by atomic mass is 127. The highest BCUT2D eigenvalue weighted by Gasteiger charge is 2.28. The lowest BCUT2D eigenvalue weighted by atomic mass is 9.89. The zero-order chi connectivity index (χ0) is 22.2. The second-order valence-corrected chi connectivity index (χ2v) is 9.59. The summed E-state index contributed by atoms with van der Waals surface area (Å²) >= 11 is 0. The van der Waals surface area contributed by atoms with E-state index in [1.54, 1.807) is 0 Å². The fraction of sp³-hybridized carbons (Fsp3) is 0.720. The minimum absolute atomic E-state index is 0. The Morgan fingerprint density at radius 3 is 2.44 bits per heavy atom. The lowest BCUT2D eigenvalue weighted by Gasteiger charge is -2.40. The largest absolute Gasteiger partial charge is 0.373 e.